The summed E-state index contributed by atoms with van der Waals surface area (Å²) >= 11 is 0. The molecule has 0 aliphatic heterocycles. The summed E-state index contributed by atoms with van der Waals surface area (Å²) in [7, 11) is 0. The first-order valence-corrected chi connectivity index (χ1v) is 10.4. The van der Waals surface area contributed by atoms with Crippen molar-refractivity contribution in [2.45, 2.75) is 58.5 Å². The summed E-state index contributed by atoms with van der Waals surface area (Å²) in [6, 6.07) is 13.7. The second kappa shape index (κ2) is 9.98. The number of aliphatic carboxylic acids is 1. The van der Waals surface area contributed by atoms with Crippen LogP contribution in [0.15, 0.2) is 42.5 Å². The van der Waals surface area contributed by atoms with Gasteiger partial charge in [-0.25, -0.2) is 0 Å². The zero-order chi connectivity index (χ0) is 21.5. The van der Waals surface area contributed by atoms with Crippen LogP contribution >= 0.6 is 0 Å². The SMILES string of the molecule is CC#CC(CC(=O)O)c1ccc(OC(C)c2cccc3c(CCCC)[nH]nc23)cc1. The summed E-state index contributed by atoms with van der Waals surface area (Å²) in [4.78, 5) is 11.1. The monoisotopic (exact) mass is 404 g/mol. The average molecular weight is 405 g/mol. The van der Waals surface area contributed by atoms with Gasteiger partial charge in [-0.2, -0.15) is 5.10 Å². The van der Waals surface area contributed by atoms with Crippen molar-refractivity contribution in [3.05, 3.63) is 59.3 Å². The van der Waals surface area contributed by atoms with Gasteiger partial charge >= 0.3 is 5.97 Å². The lowest BCUT2D eigenvalue weighted by Gasteiger charge is -2.16. The fraction of sp³-hybridized carbons (Fsp3) is 0.360. The summed E-state index contributed by atoms with van der Waals surface area (Å²) in [5, 5.41) is 18.0. The zero-order valence-corrected chi connectivity index (χ0v) is 17.7. The number of nitrogens with one attached hydrogen (secondary N) is 1. The number of aromatic amines is 1. The Morgan fingerprint density at radius 1 is 1.23 bits per heavy atom. The highest BCUT2D eigenvalue weighted by atomic mass is 16.5. The predicted octanol–water partition coefficient (Wildman–Crippen LogP) is 5.63. The molecule has 30 heavy (non-hydrogen) atoms. The Morgan fingerprint density at radius 3 is 2.67 bits per heavy atom. The highest BCUT2D eigenvalue weighted by Crippen LogP contribution is 2.30. The molecule has 2 N–H and O–H groups in total. The van der Waals surface area contributed by atoms with E-state index in [0.717, 1.165) is 47.0 Å². The van der Waals surface area contributed by atoms with Crippen molar-refractivity contribution in [1.82, 2.24) is 10.2 Å². The quantitative estimate of drug-likeness (QED) is 0.453. The Kier molecular flexibility index (Phi) is 7.13. The number of benzene rings is 2. The van der Waals surface area contributed by atoms with Crippen LogP contribution in [0.3, 0.4) is 0 Å². The molecule has 0 spiro atoms. The number of aromatic nitrogens is 2. The van der Waals surface area contributed by atoms with Gasteiger partial charge in [-0.1, -0.05) is 49.6 Å². The maximum atomic E-state index is 11.1. The third-order valence-electron chi connectivity index (χ3n) is 5.21. The molecule has 1 aromatic heterocycles. The van der Waals surface area contributed by atoms with Gasteiger partial charge in [0.2, 0.25) is 0 Å². The molecule has 0 aliphatic rings. The van der Waals surface area contributed by atoms with E-state index in [1.54, 1.807) is 6.92 Å². The first kappa shape index (κ1) is 21.4. The fourth-order valence-electron chi connectivity index (χ4n) is 3.63. The van der Waals surface area contributed by atoms with E-state index in [0.29, 0.717) is 0 Å². The lowest BCUT2D eigenvalue weighted by Crippen LogP contribution is -2.06. The number of carboxylic acid groups (broad SMARTS) is 1. The standard InChI is InChI=1S/C25H28N2O3/c1-4-6-11-23-22-10-7-9-21(25(22)27-26-23)17(3)30-20-14-12-18(13-15-20)19(8-5-2)16-24(28)29/h7,9-10,12-15,17,19H,4,6,11,16H2,1-3H3,(H,26,27)(H,28,29). The smallest absolute Gasteiger partial charge is 0.304 e. The third kappa shape index (κ3) is 5.01. The summed E-state index contributed by atoms with van der Waals surface area (Å²) < 4.78 is 6.17. The van der Waals surface area contributed by atoms with E-state index >= 15 is 0 Å². The zero-order valence-electron chi connectivity index (χ0n) is 17.7. The van der Waals surface area contributed by atoms with Gasteiger partial charge in [-0.05, 0) is 44.4 Å². The van der Waals surface area contributed by atoms with Gasteiger partial charge in [-0.3, -0.25) is 9.89 Å². The van der Waals surface area contributed by atoms with E-state index < -0.39 is 5.97 Å². The van der Waals surface area contributed by atoms with E-state index in [9.17, 15) is 4.79 Å². The number of H-pyrrole nitrogens is 1. The number of rotatable bonds is 9. The molecule has 0 radical (unpaired) electrons. The van der Waals surface area contributed by atoms with Gasteiger partial charge in [-0.15, -0.1) is 5.92 Å². The molecule has 156 valence electrons. The van der Waals surface area contributed by atoms with E-state index in [1.807, 2.05) is 43.3 Å². The number of para-hydroxylation sites is 1. The molecular formula is C25H28N2O3. The van der Waals surface area contributed by atoms with Crippen LogP contribution in [0.25, 0.3) is 10.9 Å². The maximum absolute atomic E-state index is 11.1. The predicted molar refractivity (Wildman–Crippen MR) is 119 cm³/mol. The van der Waals surface area contributed by atoms with Crippen molar-refractivity contribution in [1.29, 1.82) is 0 Å². The topological polar surface area (TPSA) is 75.2 Å². The second-order valence-electron chi connectivity index (χ2n) is 7.42. The van der Waals surface area contributed by atoms with Crippen LogP contribution in [0.2, 0.25) is 0 Å². The second-order valence-corrected chi connectivity index (χ2v) is 7.42. The van der Waals surface area contributed by atoms with Crippen molar-refractivity contribution in [3.63, 3.8) is 0 Å². The summed E-state index contributed by atoms with van der Waals surface area (Å²) in [6.07, 6.45) is 3.08. The molecule has 0 aliphatic carbocycles. The minimum absolute atomic E-state index is 0.0149. The van der Waals surface area contributed by atoms with E-state index in [-0.39, 0.29) is 18.4 Å². The lowest BCUT2D eigenvalue weighted by molar-refractivity contribution is -0.137. The molecule has 0 fully saturated rings. The van der Waals surface area contributed by atoms with Gasteiger partial charge in [0.25, 0.3) is 0 Å². The summed E-state index contributed by atoms with van der Waals surface area (Å²) in [6.45, 7) is 5.92. The van der Waals surface area contributed by atoms with Crippen LogP contribution in [0.1, 0.15) is 68.9 Å². The van der Waals surface area contributed by atoms with Gasteiger partial charge in [0.1, 0.15) is 11.9 Å². The van der Waals surface area contributed by atoms with Crippen LogP contribution in [0, 0.1) is 11.8 Å². The van der Waals surface area contributed by atoms with Crippen LogP contribution in [-0.2, 0) is 11.2 Å². The molecule has 2 atom stereocenters. The Bertz CT molecular complexity index is 1060. The average Bonchev–Trinajstić information content (AvgIpc) is 3.15. The molecule has 2 aromatic carbocycles. The number of aryl methyl sites for hydroxylation is 1. The number of carboxylic acids is 1. The molecule has 3 rings (SSSR count). The Morgan fingerprint density at radius 2 is 2.00 bits per heavy atom. The fourth-order valence-corrected chi connectivity index (χ4v) is 3.63. The molecule has 0 saturated carbocycles. The highest BCUT2D eigenvalue weighted by Gasteiger charge is 2.16. The number of ether oxygens (including phenoxy) is 1. The Balaban J connectivity index is 1.77. The molecule has 5 heteroatoms. The molecule has 1 heterocycles. The number of fused-ring (bicyclic) bond motifs is 1. The maximum Gasteiger partial charge on any atom is 0.304 e. The number of nitrogens with zero attached hydrogens (tertiary/aromatic N) is 1. The molecule has 0 saturated heterocycles. The Labute approximate surface area is 177 Å². The van der Waals surface area contributed by atoms with Crippen molar-refractivity contribution >= 4 is 16.9 Å². The minimum atomic E-state index is -0.859. The van der Waals surface area contributed by atoms with Gasteiger partial charge in [0.05, 0.1) is 17.9 Å². The molecule has 5 nitrogen and oxygen atoms in total. The number of unbranched alkanes of at least 4 members (excludes halogenated alkanes) is 1. The van der Waals surface area contributed by atoms with E-state index in [1.165, 1.54) is 5.69 Å². The number of carbonyl (C=O) groups is 1. The third-order valence-corrected chi connectivity index (χ3v) is 5.21. The van der Waals surface area contributed by atoms with Crippen LogP contribution < -0.4 is 4.74 Å². The van der Waals surface area contributed by atoms with Crippen LogP contribution in [-0.4, -0.2) is 21.3 Å². The molecule has 0 amide bonds. The normalized spacial score (nSPS) is 12.8. The first-order valence-electron chi connectivity index (χ1n) is 10.4. The van der Waals surface area contributed by atoms with Crippen molar-refractivity contribution in [3.8, 4) is 17.6 Å². The van der Waals surface area contributed by atoms with Crippen molar-refractivity contribution in [2.24, 2.45) is 0 Å². The van der Waals surface area contributed by atoms with Gasteiger partial charge < -0.3 is 9.84 Å². The van der Waals surface area contributed by atoms with E-state index in [2.05, 4.69) is 35.0 Å². The molecule has 0 bridgehead atoms. The minimum Gasteiger partial charge on any atom is -0.486 e. The number of hydrogen-bond donors (Lipinski definition) is 2. The molecule has 3 aromatic rings. The first-order chi connectivity index (χ1) is 14.5. The largest absolute Gasteiger partial charge is 0.486 e. The van der Waals surface area contributed by atoms with Crippen LogP contribution in [0.4, 0.5) is 0 Å². The summed E-state index contributed by atoms with van der Waals surface area (Å²) in [5.41, 5.74) is 4.04. The summed E-state index contributed by atoms with van der Waals surface area (Å²) in [5.74, 6) is 5.33. The number of hydrogen-bond acceptors (Lipinski definition) is 3. The highest BCUT2D eigenvalue weighted by molar-refractivity contribution is 5.84. The lowest BCUT2D eigenvalue weighted by atomic mass is 9.96. The van der Waals surface area contributed by atoms with Crippen molar-refractivity contribution < 1.29 is 14.6 Å². The van der Waals surface area contributed by atoms with Crippen molar-refractivity contribution in [2.75, 3.05) is 0 Å². The van der Waals surface area contributed by atoms with Gasteiger partial charge in [0, 0.05) is 16.6 Å². The van der Waals surface area contributed by atoms with Gasteiger partial charge in [0.15, 0.2) is 0 Å². The molecular weight excluding hydrogens is 376 g/mol. The molecule has 2 unspecified atom stereocenters. The van der Waals surface area contributed by atoms with E-state index in [4.69, 9.17) is 9.84 Å². The Hall–Kier alpha value is -3.26. The van der Waals surface area contributed by atoms with Crippen LogP contribution in [0.5, 0.6) is 5.75 Å².